The van der Waals surface area contributed by atoms with Crippen molar-refractivity contribution in [2.75, 3.05) is 48.0 Å². The topological polar surface area (TPSA) is 164 Å². The lowest BCUT2D eigenvalue weighted by molar-refractivity contribution is -0.141. The third-order valence-corrected chi connectivity index (χ3v) is 9.23. The predicted molar refractivity (Wildman–Crippen MR) is 216 cm³/mol. The Balaban J connectivity index is 0.000000325. The van der Waals surface area contributed by atoms with E-state index < -0.39 is 6.09 Å². The molecule has 14 heteroatoms. The van der Waals surface area contributed by atoms with Crippen LogP contribution in [0.15, 0.2) is 97.1 Å². The minimum absolute atomic E-state index is 0.0318. The number of ether oxygens (including phenoxy) is 3. The zero-order valence-corrected chi connectivity index (χ0v) is 32.7. The van der Waals surface area contributed by atoms with Gasteiger partial charge in [-0.05, 0) is 76.9 Å². The van der Waals surface area contributed by atoms with E-state index >= 15 is 0 Å². The fourth-order valence-electron chi connectivity index (χ4n) is 5.87. The molecule has 0 aromatic heterocycles. The Morgan fingerprint density at radius 1 is 0.679 bits per heavy atom. The standard InChI is InChI=1S/C29H29N3O5S.C13H18N2O3/c1-32(17-19-11-13-20(14-12-19)27(34)30-16-15-26(33)36-2)28(38)31-29(35)37-18-25-23-9-5-3-7-21(23)22-8-4-6-10-24(22)25;1-14-9-10-3-5-11(6-4-10)13(17)15-8-7-12(16)18-2/h3-14,25H,15-18H2,1-2H3,(H,30,34)(H,31,35,38);3-6,14H,7-9H2,1-2H3,(H,15,17). The Kier molecular flexibility index (Phi) is 16.5. The van der Waals surface area contributed by atoms with E-state index in [1.807, 2.05) is 55.6 Å². The summed E-state index contributed by atoms with van der Waals surface area (Å²) in [4.78, 5) is 60.2. The van der Waals surface area contributed by atoms with Crippen molar-refractivity contribution in [3.63, 3.8) is 0 Å². The molecule has 0 bridgehead atoms. The van der Waals surface area contributed by atoms with Crippen LogP contribution in [0.4, 0.5) is 4.79 Å². The summed E-state index contributed by atoms with van der Waals surface area (Å²) in [5, 5.41) is 11.2. The van der Waals surface area contributed by atoms with E-state index in [9.17, 15) is 24.0 Å². The summed E-state index contributed by atoms with van der Waals surface area (Å²) < 4.78 is 14.6. The third kappa shape index (κ3) is 12.5. The summed E-state index contributed by atoms with van der Waals surface area (Å²) in [6.07, 6.45) is -0.318. The highest BCUT2D eigenvalue weighted by Crippen LogP contribution is 2.44. The molecule has 0 spiro atoms. The van der Waals surface area contributed by atoms with Gasteiger partial charge in [-0.3, -0.25) is 24.5 Å². The monoisotopic (exact) mass is 781 g/mol. The number of alkyl carbamates (subject to hydrolysis) is 1. The van der Waals surface area contributed by atoms with E-state index in [2.05, 4.69) is 55.0 Å². The lowest BCUT2D eigenvalue weighted by Gasteiger charge is -2.21. The fraction of sp³-hybridized carbons (Fsp3) is 0.286. The molecule has 4 aromatic carbocycles. The maximum atomic E-state index is 12.5. The highest BCUT2D eigenvalue weighted by Gasteiger charge is 2.29. The molecular weight excluding hydrogens is 735 g/mol. The predicted octanol–water partition coefficient (Wildman–Crippen LogP) is 4.93. The van der Waals surface area contributed by atoms with E-state index in [0.29, 0.717) is 17.7 Å². The molecule has 56 heavy (non-hydrogen) atoms. The number of hydrogen-bond donors (Lipinski definition) is 4. The number of rotatable bonds is 14. The average molecular weight is 782 g/mol. The van der Waals surface area contributed by atoms with Gasteiger partial charge in [-0.25, -0.2) is 4.79 Å². The van der Waals surface area contributed by atoms with Crippen molar-refractivity contribution >= 4 is 47.2 Å². The molecule has 3 amide bonds. The normalized spacial score (nSPS) is 11.1. The molecule has 0 unspecified atom stereocenters. The molecule has 0 saturated heterocycles. The van der Waals surface area contributed by atoms with E-state index in [4.69, 9.17) is 17.0 Å². The van der Waals surface area contributed by atoms with Crippen molar-refractivity contribution in [1.29, 1.82) is 0 Å². The number of fused-ring (bicyclic) bond motifs is 3. The average Bonchev–Trinajstić information content (AvgIpc) is 3.54. The van der Waals surface area contributed by atoms with Crippen molar-refractivity contribution in [3.05, 3.63) is 130 Å². The fourth-order valence-corrected chi connectivity index (χ4v) is 6.01. The minimum Gasteiger partial charge on any atom is -0.469 e. The number of carbonyl (C=O) groups excluding carboxylic acids is 5. The molecule has 0 heterocycles. The van der Waals surface area contributed by atoms with Crippen molar-refractivity contribution in [1.82, 2.24) is 26.2 Å². The van der Waals surface area contributed by atoms with Crippen molar-refractivity contribution in [3.8, 4) is 11.1 Å². The molecule has 4 N–H and O–H groups in total. The van der Waals surface area contributed by atoms with Gasteiger partial charge in [0.15, 0.2) is 5.11 Å². The number of methoxy groups -OCH3 is 2. The molecule has 4 aromatic rings. The number of amides is 3. The lowest BCUT2D eigenvalue weighted by Crippen LogP contribution is -2.40. The second-order valence-corrected chi connectivity index (χ2v) is 13.1. The molecule has 0 atom stereocenters. The molecule has 0 aliphatic heterocycles. The molecule has 0 radical (unpaired) electrons. The van der Waals surface area contributed by atoms with Crippen LogP contribution in [0.5, 0.6) is 0 Å². The quantitative estimate of drug-likeness (QED) is 0.0779. The number of carbonyl (C=O) groups is 5. The molecule has 5 rings (SSSR count). The van der Waals surface area contributed by atoms with E-state index in [0.717, 1.165) is 39.9 Å². The van der Waals surface area contributed by atoms with Gasteiger partial charge in [-0.1, -0.05) is 72.8 Å². The Morgan fingerprint density at radius 3 is 1.61 bits per heavy atom. The molecule has 0 saturated carbocycles. The highest BCUT2D eigenvalue weighted by atomic mass is 32.1. The van der Waals surface area contributed by atoms with Gasteiger partial charge in [0.1, 0.15) is 6.61 Å². The zero-order valence-electron chi connectivity index (χ0n) is 31.9. The van der Waals surface area contributed by atoms with E-state index in [1.54, 1.807) is 36.2 Å². The van der Waals surface area contributed by atoms with Gasteiger partial charge >= 0.3 is 18.0 Å². The van der Waals surface area contributed by atoms with E-state index in [-0.39, 0.29) is 67.3 Å². The van der Waals surface area contributed by atoms with Crippen LogP contribution in [-0.2, 0) is 36.9 Å². The molecule has 1 aliphatic rings. The Bertz CT molecular complexity index is 1940. The van der Waals surface area contributed by atoms with Crippen LogP contribution >= 0.6 is 12.2 Å². The van der Waals surface area contributed by atoms with Crippen LogP contribution in [0.2, 0.25) is 0 Å². The number of thiocarbonyl (C=S) groups is 1. The second-order valence-electron chi connectivity index (χ2n) is 12.7. The number of nitrogens with zero attached hydrogens (tertiary/aromatic N) is 1. The summed E-state index contributed by atoms with van der Waals surface area (Å²) in [7, 11) is 6.26. The summed E-state index contributed by atoms with van der Waals surface area (Å²) >= 11 is 5.39. The Morgan fingerprint density at radius 2 is 1.14 bits per heavy atom. The van der Waals surface area contributed by atoms with Gasteiger partial charge in [-0.15, -0.1) is 0 Å². The van der Waals surface area contributed by atoms with Crippen molar-refractivity contribution < 1.29 is 38.2 Å². The first-order chi connectivity index (χ1) is 27.0. The number of hydrogen-bond acceptors (Lipinski definition) is 10. The maximum Gasteiger partial charge on any atom is 0.413 e. The summed E-state index contributed by atoms with van der Waals surface area (Å²) in [6, 6.07) is 30.6. The van der Waals surface area contributed by atoms with Crippen LogP contribution < -0.4 is 21.3 Å². The maximum absolute atomic E-state index is 12.5. The summed E-state index contributed by atoms with van der Waals surface area (Å²) in [5.74, 6) is -1.21. The van der Waals surface area contributed by atoms with Gasteiger partial charge in [0.2, 0.25) is 0 Å². The van der Waals surface area contributed by atoms with Crippen LogP contribution in [0.25, 0.3) is 11.1 Å². The summed E-state index contributed by atoms with van der Waals surface area (Å²) in [5.41, 5.74) is 7.68. The Hall–Kier alpha value is -6.12. The van der Waals surface area contributed by atoms with Crippen LogP contribution in [0.1, 0.15) is 61.7 Å². The van der Waals surface area contributed by atoms with Gasteiger partial charge in [0, 0.05) is 50.3 Å². The number of benzene rings is 4. The lowest BCUT2D eigenvalue weighted by atomic mass is 9.98. The van der Waals surface area contributed by atoms with Crippen LogP contribution in [-0.4, -0.2) is 87.9 Å². The zero-order chi connectivity index (χ0) is 40.5. The Labute approximate surface area is 332 Å². The number of esters is 2. The largest absolute Gasteiger partial charge is 0.469 e. The highest BCUT2D eigenvalue weighted by molar-refractivity contribution is 7.80. The van der Waals surface area contributed by atoms with Crippen LogP contribution in [0.3, 0.4) is 0 Å². The summed E-state index contributed by atoms with van der Waals surface area (Å²) in [6.45, 7) is 1.88. The molecule has 13 nitrogen and oxygen atoms in total. The molecule has 1 aliphatic carbocycles. The van der Waals surface area contributed by atoms with Crippen molar-refractivity contribution in [2.45, 2.75) is 31.8 Å². The third-order valence-electron chi connectivity index (χ3n) is 8.82. The SMILES string of the molecule is CNCc1ccc(C(=O)NCCC(=O)OC)cc1.COC(=O)CCNC(=O)c1ccc(CN(C)C(=S)NC(=O)OCC2c3ccccc3-c3ccccc32)cc1. The molecule has 294 valence electrons. The molecular formula is C42H47N5O8S. The second kappa shape index (κ2) is 21.7. The van der Waals surface area contributed by atoms with Gasteiger partial charge in [-0.2, -0.15) is 0 Å². The van der Waals surface area contributed by atoms with E-state index in [1.165, 1.54) is 14.2 Å². The minimum atomic E-state index is -0.609. The first kappa shape index (κ1) is 42.6. The number of nitrogens with one attached hydrogen (secondary N) is 4. The van der Waals surface area contributed by atoms with Crippen molar-refractivity contribution in [2.24, 2.45) is 0 Å². The van der Waals surface area contributed by atoms with Gasteiger partial charge < -0.3 is 35.1 Å². The smallest absolute Gasteiger partial charge is 0.413 e. The van der Waals surface area contributed by atoms with Crippen LogP contribution in [0, 0.1) is 0 Å². The first-order valence-electron chi connectivity index (χ1n) is 17.9. The molecule has 0 fully saturated rings. The van der Waals surface area contributed by atoms with Gasteiger partial charge in [0.25, 0.3) is 11.8 Å². The van der Waals surface area contributed by atoms with Gasteiger partial charge in [0.05, 0.1) is 27.1 Å². The first-order valence-corrected chi connectivity index (χ1v) is 18.3.